The summed E-state index contributed by atoms with van der Waals surface area (Å²) < 4.78 is 0.759. The predicted octanol–water partition coefficient (Wildman–Crippen LogP) is 2.37. The number of piperidine rings is 1. The van der Waals surface area contributed by atoms with E-state index >= 15 is 0 Å². The molecule has 2 rings (SSSR count). The van der Waals surface area contributed by atoms with Gasteiger partial charge in [0.15, 0.2) is 0 Å². The summed E-state index contributed by atoms with van der Waals surface area (Å²) in [5.74, 6) is -0.195. The standard InChI is InChI=1S/C14H19BrN2O2/c1-9-7-11(5-6-17(9)2)16-14(19)12-4-3-10(15)8-13(12)18/h3-4,8-9,11,18H,5-7H2,1-2H3,(H,16,19). The Bertz CT molecular complexity index is 479. The van der Waals surface area contributed by atoms with Gasteiger partial charge in [-0.15, -0.1) is 0 Å². The van der Waals surface area contributed by atoms with Crippen molar-refractivity contribution in [2.24, 2.45) is 0 Å². The summed E-state index contributed by atoms with van der Waals surface area (Å²) in [7, 11) is 2.10. The zero-order chi connectivity index (χ0) is 14.0. The molecule has 0 saturated carbocycles. The van der Waals surface area contributed by atoms with Crippen LogP contribution >= 0.6 is 15.9 Å². The molecule has 0 spiro atoms. The molecule has 1 aliphatic heterocycles. The second-order valence-corrected chi connectivity index (χ2v) is 6.10. The minimum absolute atomic E-state index is 0.00727. The van der Waals surface area contributed by atoms with Crippen molar-refractivity contribution in [2.45, 2.75) is 31.8 Å². The van der Waals surface area contributed by atoms with Gasteiger partial charge in [0.1, 0.15) is 5.75 Å². The van der Waals surface area contributed by atoms with Gasteiger partial charge in [-0.05, 0) is 45.0 Å². The summed E-state index contributed by atoms with van der Waals surface area (Å²) >= 11 is 3.26. The first-order valence-corrected chi connectivity index (χ1v) is 7.26. The first-order valence-electron chi connectivity index (χ1n) is 6.47. The summed E-state index contributed by atoms with van der Waals surface area (Å²) in [6.07, 6.45) is 1.89. The minimum atomic E-state index is -0.202. The third kappa shape index (κ3) is 3.48. The highest BCUT2D eigenvalue weighted by atomic mass is 79.9. The molecule has 19 heavy (non-hydrogen) atoms. The van der Waals surface area contributed by atoms with E-state index in [1.165, 1.54) is 6.07 Å². The minimum Gasteiger partial charge on any atom is -0.507 e. The molecule has 104 valence electrons. The van der Waals surface area contributed by atoms with Crippen LogP contribution in [0.1, 0.15) is 30.1 Å². The molecule has 1 fully saturated rings. The quantitative estimate of drug-likeness (QED) is 0.877. The molecule has 1 aromatic carbocycles. The van der Waals surface area contributed by atoms with E-state index in [1.54, 1.807) is 12.1 Å². The molecule has 0 aromatic heterocycles. The summed E-state index contributed by atoms with van der Waals surface area (Å²) in [5, 5.41) is 12.8. The highest BCUT2D eigenvalue weighted by Gasteiger charge is 2.24. The second-order valence-electron chi connectivity index (χ2n) is 5.19. The molecule has 1 amide bonds. The molecular weight excluding hydrogens is 308 g/mol. The van der Waals surface area contributed by atoms with Crippen LogP contribution in [0.4, 0.5) is 0 Å². The van der Waals surface area contributed by atoms with Gasteiger partial charge in [-0.25, -0.2) is 0 Å². The number of nitrogens with one attached hydrogen (secondary N) is 1. The lowest BCUT2D eigenvalue weighted by Crippen LogP contribution is -2.47. The van der Waals surface area contributed by atoms with Crippen molar-refractivity contribution in [1.29, 1.82) is 0 Å². The maximum atomic E-state index is 12.1. The number of aromatic hydroxyl groups is 1. The predicted molar refractivity (Wildman–Crippen MR) is 78.4 cm³/mol. The molecule has 2 unspecified atom stereocenters. The summed E-state index contributed by atoms with van der Waals surface area (Å²) in [6, 6.07) is 5.57. The monoisotopic (exact) mass is 326 g/mol. The van der Waals surface area contributed by atoms with Gasteiger partial charge in [0, 0.05) is 23.1 Å². The highest BCUT2D eigenvalue weighted by Crippen LogP contribution is 2.23. The van der Waals surface area contributed by atoms with Gasteiger partial charge < -0.3 is 15.3 Å². The molecule has 2 atom stereocenters. The van der Waals surface area contributed by atoms with Crippen molar-refractivity contribution >= 4 is 21.8 Å². The first-order chi connectivity index (χ1) is 8.97. The van der Waals surface area contributed by atoms with Crippen molar-refractivity contribution < 1.29 is 9.90 Å². The number of phenols is 1. The number of carbonyl (C=O) groups is 1. The number of benzene rings is 1. The number of rotatable bonds is 2. The van der Waals surface area contributed by atoms with Gasteiger partial charge in [0.2, 0.25) is 0 Å². The van der Waals surface area contributed by atoms with Crippen LogP contribution in [-0.2, 0) is 0 Å². The van der Waals surface area contributed by atoms with Crippen molar-refractivity contribution in [2.75, 3.05) is 13.6 Å². The van der Waals surface area contributed by atoms with E-state index in [1.807, 2.05) is 0 Å². The smallest absolute Gasteiger partial charge is 0.255 e. The summed E-state index contributed by atoms with van der Waals surface area (Å²) in [6.45, 7) is 3.15. The Kier molecular flexibility index (Phi) is 4.47. The summed E-state index contributed by atoms with van der Waals surface area (Å²) in [4.78, 5) is 14.4. The molecule has 1 aliphatic rings. The van der Waals surface area contributed by atoms with Crippen LogP contribution in [0.3, 0.4) is 0 Å². The van der Waals surface area contributed by atoms with E-state index in [-0.39, 0.29) is 17.7 Å². The Morgan fingerprint density at radius 3 is 2.89 bits per heavy atom. The fourth-order valence-corrected chi connectivity index (χ4v) is 2.73. The van der Waals surface area contributed by atoms with Crippen LogP contribution < -0.4 is 5.32 Å². The number of hydrogen-bond donors (Lipinski definition) is 2. The molecule has 2 N–H and O–H groups in total. The fourth-order valence-electron chi connectivity index (χ4n) is 2.38. The van der Waals surface area contributed by atoms with Crippen LogP contribution in [0.25, 0.3) is 0 Å². The van der Waals surface area contributed by atoms with Gasteiger partial charge in [0.05, 0.1) is 5.56 Å². The van der Waals surface area contributed by atoms with Crippen LogP contribution in [0.2, 0.25) is 0 Å². The van der Waals surface area contributed by atoms with Crippen LogP contribution in [0.15, 0.2) is 22.7 Å². The van der Waals surface area contributed by atoms with Crippen LogP contribution in [0, 0.1) is 0 Å². The molecule has 0 radical (unpaired) electrons. The lowest BCUT2D eigenvalue weighted by molar-refractivity contribution is 0.0894. The second kappa shape index (κ2) is 5.92. The van der Waals surface area contributed by atoms with E-state index in [0.29, 0.717) is 11.6 Å². The van der Waals surface area contributed by atoms with Gasteiger partial charge in [0.25, 0.3) is 5.91 Å². The highest BCUT2D eigenvalue weighted by molar-refractivity contribution is 9.10. The number of carbonyl (C=O) groups excluding carboxylic acids is 1. The number of amides is 1. The third-order valence-electron chi connectivity index (χ3n) is 3.75. The number of likely N-dealkylation sites (tertiary alicyclic amines) is 1. The van der Waals surface area contributed by atoms with Gasteiger partial charge in [-0.2, -0.15) is 0 Å². The normalized spacial score (nSPS) is 24.2. The number of halogens is 1. The van der Waals surface area contributed by atoms with Crippen LogP contribution in [-0.4, -0.2) is 41.6 Å². The molecule has 4 nitrogen and oxygen atoms in total. The maximum Gasteiger partial charge on any atom is 0.255 e. The first kappa shape index (κ1) is 14.3. The van der Waals surface area contributed by atoms with E-state index in [0.717, 1.165) is 23.9 Å². The lowest BCUT2D eigenvalue weighted by atomic mass is 9.98. The summed E-state index contributed by atoms with van der Waals surface area (Å²) in [5.41, 5.74) is 0.329. The van der Waals surface area contributed by atoms with Crippen molar-refractivity contribution in [3.05, 3.63) is 28.2 Å². The Morgan fingerprint density at radius 2 is 2.26 bits per heavy atom. The van der Waals surface area contributed by atoms with Gasteiger partial charge in [-0.1, -0.05) is 15.9 Å². The lowest BCUT2D eigenvalue weighted by Gasteiger charge is -2.35. The van der Waals surface area contributed by atoms with Crippen molar-refractivity contribution in [3.8, 4) is 5.75 Å². The van der Waals surface area contributed by atoms with E-state index in [4.69, 9.17) is 0 Å². The van der Waals surface area contributed by atoms with E-state index in [9.17, 15) is 9.90 Å². The third-order valence-corrected chi connectivity index (χ3v) is 4.24. The molecule has 1 heterocycles. The Morgan fingerprint density at radius 1 is 1.53 bits per heavy atom. The Hall–Kier alpha value is -1.07. The number of hydrogen-bond acceptors (Lipinski definition) is 3. The van der Waals surface area contributed by atoms with Gasteiger partial charge in [-0.3, -0.25) is 4.79 Å². The molecule has 5 heteroatoms. The molecule has 0 bridgehead atoms. The molecule has 1 saturated heterocycles. The topological polar surface area (TPSA) is 52.6 Å². The fraction of sp³-hybridized carbons (Fsp3) is 0.500. The average molecular weight is 327 g/mol. The Balaban J connectivity index is 2.01. The van der Waals surface area contributed by atoms with E-state index < -0.39 is 0 Å². The van der Waals surface area contributed by atoms with Crippen molar-refractivity contribution in [1.82, 2.24) is 10.2 Å². The Labute approximate surface area is 121 Å². The zero-order valence-corrected chi connectivity index (χ0v) is 12.8. The number of nitrogens with zero attached hydrogens (tertiary/aromatic N) is 1. The zero-order valence-electron chi connectivity index (χ0n) is 11.2. The SMILES string of the molecule is CC1CC(NC(=O)c2ccc(Br)cc2O)CCN1C. The van der Waals surface area contributed by atoms with Crippen molar-refractivity contribution in [3.63, 3.8) is 0 Å². The molecular formula is C14H19BrN2O2. The molecule has 1 aromatic rings. The van der Waals surface area contributed by atoms with Crippen LogP contribution in [0.5, 0.6) is 5.75 Å². The maximum absolute atomic E-state index is 12.1. The van der Waals surface area contributed by atoms with E-state index in [2.05, 4.69) is 40.1 Å². The number of phenolic OH excluding ortho intramolecular Hbond substituents is 1. The molecule has 0 aliphatic carbocycles. The largest absolute Gasteiger partial charge is 0.507 e. The van der Waals surface area contributed by atoms with Gasteiger partial charge >= 0.3 is 0 Å². The average Bonchev–Trinajstić information content (AvgIpc) is 2.33.